The third-order valence-electron chi connectivity index (χ3n) is 3.57. The van der Waals surface area contributed by atoms with Gasteiger partial charge in [0.25, 0.3) is 0 Å². The Morgan fingerprint density at radius 1 is 1.50 bits per heavy atom. The average Bonchev–Trinajstić information content (AvgIpc) is 2.41. The van der Waals surface area contributed by atoms with Crippen molar-refractivity contribution in [2.45, 2.75) is 38.3 Å². The predicted octanol–water partition coefficient (Wildman–Crippen LogP) is 1.10. The van der Waals surface area contributed by atoms with E-state index in [0.29, 0.717) is 11.9 Å². The maximum absolute atomic E-state index is 9.12. The highest BCUT2D eigenvalue weighted by atomic mass is 16.3. The van der Waals surface area contributed by atoms with Crippen LogP contribution in [0, 0.1) is 0 Å². The first-order valence-electron chi connectivity index (χ1n) is 6.60. The number of hydrogen-bond acceptors (Lipinski definition) is 5. The van der Waals surface area contributed by atoms with Crippen molar-refractivity contribution in [2.24, 2.45) is 5.84 Å². The van der Waals surface area contributed by atoms with Crippen LogP contribution in [-0.4, -0.2) is 34.2 Å². The van der Waals surface area contributed by atoms with Crippen LogP contribution in [0.1, 0.15) is 31.2 Å². The lowest BCUT2D eigenvalue weighted by atomic mass is 9.99. The number of rotatable bonds is 5. The van der Waals surface area contributed by atoms with Crippen LogP contribution in [0.15, 0.2) is 18.3 Å². The lowest BCUT2D eigenvalue weighted by Gasteiger charge is -2.35. The molecule has 1 aliphatic heterocycles. The van der Waals surface area contributed by atoms with Gasteiger partial charge in [-0.05, 0) is 43.5 Å². The molecule has 1 aromatic heterocycles. The van der Waals surface area contributed by atoms with E-state index < -0.39 is 0 Å². The Labute approximate surface area is 108 Å². The number of piperidine rings is 1. The van der Waals surface area contributed by atoms with Crippen LogP contribution in [0.2, 0.25) is 0 Å². The summed E-state index contributed by atoms with van der Waals surface area (Å²) >= 11 is 0. The summed E-state index contributed by atoms with van der Waals surface area (Å²) in [6.07, 6.45) is 6.35. The fourth-order valence-electron chi connectivity index (χ4n) is 2.63. The van der Waals surface area contributed by atoms with Crippen LogP contribution in [-0.2, 0) is 6.54 Å². The van der Waals surface area contributed by atoms with Gasteiger partial charge in [0.15, 0.2) is 0 Å². The van der Waals surface area contributed by atoms with Crippen LogP contribution in [0.25, 0.3) is 0 Å². The number of hydrogen-bond donors (Lipinski definition) is 3. The molecule has 18 heavy (non-hydrogen) atoms. The maximum atomic E-state index is 9.12. The summed E-state index contributed by atoms with van der Waals surface area (Å²) < 4.78 is 0. The normalized spacial score (nSPS) is 20.9. The summed E-state index contributed by atoms with van der Waals surface area (Å²) in [5.74, 6) is 6.07. The second-order valence-electron chi connectivity index (χ2n) is 4.83. The van der Waals surface area contributed by atoms with Crippen molar-refractivity contribution >= 4 is 5.82 Å². The van der Waals surface area contributed by atoms with Crippen molar-refractivity contribution in [3.63, 3.8) is 0 Å². The molecule has 0 bridgehead atoms. The minimum atomic E-state index is 0.271. The van der Waals surface area contributed by atoms with E-state index in [1.807, 2.05) is 12.1 Å². The van der Waals surface area contributed by atoms with Crippen molar-refractivity contribution in [3.05, 3.63) is 23.9 Å². The zero-order valence-corrected chi connectivity index (χ0v) is 10.7. The summed E-state index contributed by atoms with van der Waals surface area (Å²) in [4.78, 5) is 6.57. The van der Waals surface area contributed by atoms with Gasteiger partial charge in [0.05, 0.1) is 0 Å². The Morgan fingerprint density at radius 2 is 2.39 bits per heavy atom. The van der Waals surface area contributed by atoms with E-state index in [0.717, 1.165) is 19.5 Å². The Bertz CT molecular complexity index is 370. The third-order valence-corrected chi connectivity index (χ3v) is 3.57. The number of nitrogens with one attached hydrogen (secondary N) is 1. The first-order chi connectivity index (χ1) is 8.83. The van der Waals surface area contributed by atoms with Crippen molar-refractivity contribution in [3.8, 4) is 0 Å². The molecule has 5 nitrogen and oxygen atoms in total. The number of pyridine rings is 1. The molecule has 0 radical (unpaired) electrons. The molecule has 2 heterocycles. The van der Waals surface area contributed by atoms with Crippen LogP contribution in [0.5, 0.6) is 0 Å². The van der Waals surface area contributed by atoms with E-state index in [1.165, 1.54) is 24.8 Å². The van der Waals surface area contributed by atoms with Crippen molar-refractivity contribution in [1.29, 1.82) is 0 Å². The highest BCUT2D eigenvalue weighted by Gasteiger charge is 2.21. The zero-order chi connectivity index (χ0) is 12.8. The largest absolute Gasteiger partial charge is 0.396 e. The number of aromatic nitrogens is 1. The summed E-state index contributed by atoms with van der Waals surface area (Å²) in [5, 5.41) is 9.12. The van der Waals surface area contributed by atoms with E-state index in [-0.39, 0.29) is 6.61 Å². The molecule has 1 saturated heterocycles. The van der Waals surface area contributed by atoms with Gasteiger partial charge in [-0.2, -0.15) is 0 Å². The van der Waals surface area contributed by atoms with Gasteiger partial charge in [-0.15, -0.1) is 0 Å². The smallest absolute Gasteiger partial charge is 0.140 e. The number of anilines is 1. The molecule has 0 amide bonds. The number of nitrogens with zero attached hydrogens (tertiary/aromatic N) is 2. The molecule has 0 saturated carbocycles. The minimum Gasteiger partial charge on any atom is -0.396 e. The van der Waals surface area contributed by atoms with Gasteiger partial charge in [0.2, 0.25) is 0 Å². The Morgan fingerprint density at radius 3 is 3.17 bits per heavy atom. The number of hydrazine groups is 1. The topological polar surface area (TPSA) is 74.4 Å². The fourth-order valence-corrected chi connectivity index (χ4v) is 2.63. The summed E-state index contributed by atoms with van der Waals surface area (Å²) in [6, 6.07) is 4.50. The zero-order valence-electron chi connectivity index (χ0n) is 10.7. The van der Waals surface area contributed by atoms with Crippen LogP contribution in [0.4, 0.5) is 5.82 Å². The molecule has 5 heteroatoms. The quantitative estimate of drug-likeness (QED) is 0.539. The van der Waals surface area contributed by atoms with Crippen LogP contribution >= 0.6 is 0 Å². The number of nitrogens with two attached hydrogens (primary N) is 1. The van der Waals surface area contributed by atoms with E-state index in [1.54, 1.807) is 6.20 Å². The van der Waals surface area contributed by atoms with Gasteiger partial charge in [0.1, 0.15) is 5.82 Å². The molecule has 0 spiro atoms. The second kappa shape index (κ2) is 6.68. The summed E-state index contributed by atoms with van der Waals surface area (Å²) in [6.45, 7) is 2.29. The minimum absolute atomic E-state index is 0.271. The van der Waals surface area contributed by atoms with Gasteiger partial charge in [0, 0.05) is 25.4 Å². The SMILES string of the molecule is NNc1cc(CN2CCCCC2CCO)ccn1. The molecule has 4 N–H and O–H groups in total. The molecule has 1 aromatic rings. The van der Waals surface area contributed by atoms with Gasteiger partial charge in [-0.3, -0.25) is 4.90 Å². The van der Waals surface area contributed by atoms with E-state index in [2.05, 4.69) is 15.3 Å². The predicted molar refractivity (Wildman–Crippen MR) is 71.8 cm³/mol. The second-order valence-corrected chi connectivity index (χ2v) is 4.83. The Kier molecular flexibility index (Phi) is 4.92. The molecule has 0 aliphatic carbocycles. The molecular formula is C13H22N4O. The molecule has 1 fully saturated rings. The molecule has 1 atom stereocenters. The summed E-state index contributed by atoms with van der Waals surface area (Å²) in [5.41, 5.74) is 3.78. The van der Waals surface area contributed by atoms with E-state index in [9.17, 15) is 0 Å². The average molecular weight is 250 g/mol. The molecule has 1 aliphatic rings. The Hall–Kier alpha value is -1.17. The highest BCUT2D eigenvalue weighted by Crippen LogP contribution is 2.22. The van der Waals surface area contributed by atoms with E-state index >= 15 is 0 Å². The molecule has 0 aromatic carbocycles. The molecular weight excluding hydrogens is 228 g/mol. The fraction of sp³-hybridized carbons (Fsp3) is 0.615. The monoisotopic (exact) mass is 250 g/mol. The number of aliphatic hydroxyl groups excluding tert-OH is 1. The lowest BCUT2D eigenvalue weighted by Crippen LogP contribution is -2.39. The summed E-state index contributed by atoms with van der Waals surface area (Å²) in [7, 11) is 0. The van der Waals surface area contributed by atoms with Gasteiger partial charge >= 0.3 is 0 Å². The van der Waals surface area contributed by atoms with Crippen LogP contribution < -0.4 is 11.3 Å². The van der Waals surface area contributed by atoms with Gasteiger partial charge in [-0.1, -0.05) is 6.42 Å². The first kappa shape index (κ1) is 13.3. The Balaban J connectivity index is 2.01. The highest BCUT2D eigenvalue weighted by molar-refractivity contribution is 5.35. The number of aliphatic hydroxyl groups is 1. The van der Waals surface area contributed by atoms with Crippen molar-refractivity contribution in [1.82, 2.24) is 9.88 Å². The lowest BCUT2D eigenvalue weighted by molar-refractivity contribution is 0.112. The van der Waals surface area contributed by atoms with E-state index in [4.69, 9.17) is 10.9 Å². The first-order valence-corrected chi connectivity index (χ1v) is 6.60. The van der Waals surface area contributed by atoms with Crippen molar-refractivity contribution in [2.75, 3.05) is 18.6 Å². The van der Waals surface area contributed by atoms with Gasteiger partial charge < -0.3 is 10.5 Å². The standard InChI is InChI=1S/C13H22N4O/c14-16-13-9-11(4-6-15-13)10-17-7-2-1-3-12(17)5-8-18/h4,6,9,12,18H,1-3,5,7-8,10,14H2,(H,15,16). The number of likely N-dealkylation sites (tertiary alicyclic amines) is 1. The molecule has 2 rings (SSSR count). The molecule has 1 unspecified atom stereocenters. The van der Waals surface area contributed by atoms with Gasteiger partial charge in [-0.25, -0.2) is 10.8 Å². The van der Waals surface area contributed by atoms with Crippen LogP contribution in [0.3, 0.4) is 0 Å². The number of nitrogen functional groups attached to an aromatic ring is 1. The molecule has 100 valence electrons. The maximum Gasteiger partial charge on any atom is 0.140 e. The third kappa shape index (κ3) is 3.41. The van der Waals surface area contributed by atoms with Crippen molar-refractivity contribution < 1.29 is 5.11 Å².